The van der Waals surface area contributed by atoms with Crippen LogP contribution in [0.2, 0.25) is 0 Å². The topological polar surface area (TPSA) is 107 Å². The van der Waals surface area contributed by atoms with Gasteiger partial charge in [-0.25, -0.2) is 9.97 Å². The summed E-state index contributed by atoms with van der Waals surface area (Å²) in [6.07, 6.45) is 0. The molecule has 7 heteroatoms. The lowest BCUT2D eigenvalue weighted by atomic mass is 10.0. The third-order valence-electron chi connectivity index (χ3n) is 10.5. The third-order valence-corrected chi connectivity index (χ3v) is 10.5. The lowest BCUT2D eigenvalue weighted by Crippen LogP contribution is -2.01. The standard InChI is InChI=1S/C49H27N7/c50-28-32-11-1-3-13-36(32)43-27-42(53-49(54-43)37-14-4-2-12-33(37)29-51)31-21-23-44(34(25-31)30-52)56-47-20-10-7-17-40(47)41-26-35(22-24-48(41)56)55-45-18-8-5-15-38(45)39-16-6-9-19-46(39)55/h1-27H. The van der Waals surface area contributed by atoms with Crippen LogP contribution in [0.1, 0.15) is 16.7 Å². The van der Waals surface area contributed by atoms with Gasteiger partial charge in [-0.2, -0.15) is 15.8 Å². The van der Waals surface area contributed by atoms with Crippen molar-refractivity contribution in [2.75, 3.05) is 0 Å². The molecule has 3 aromatic heterocycles. The van der Waals surface area contributed by atoms with Gasteiger partial charge in [0.1, 0.15) is 6.07 Å². The molecule has 0 saturated heterocycles. The van der Waals surface area contributed by atoms with Gasteiger partial charge in [0.15, 0.2) is 5.82 Å². The van der Waals surface area contributed by atoms with Gasteiger partial charge in [0, 0.05) is 43.9 Å². The number of fused-ring (bicyclic) bond motifs is 6. The Labute approximate surface area is 321 Å². The summed E-state index contributed by atoms with van der Waals surface area (Å²) in [6, 6.07) is 60.9. The lowest BCUT2D eigenvalue weighted by molar-refractivity contribution is 1.15. The van der Waals surface area contributed by atoms with Crippen molar-refractivity contribution in [3.05, 3.63) is 180 Å². The number of hydrogen-bond donors (Lipinski definition) is 0. The molecule has 10 aromatic rings. The lowest BCUT2D eigenvalue weighted by Gasteiger charge is -2.14. The average Bonchev–Trinajstić information content (AvgIpc) is 3.78. The van der Waals surface area contributed by atoms with E-state index in [4.69, 9.17) is 9.97 Å². The summed E-state index contributed by atoms with van der Waals surface area (Å²) in [6.45, 7) is 0. The van der Waals surface area contributed by atoms with Gasteiger partial charge in [0.25, 0.3) is 0 Å². The van der Waals surface area contributed by atoms with E-state index in [1.807, 2.05) is 66.7 Å². The summed E-state index contributed by atoms with van der Waals surface area (Å²) in [5.41, 5.74) is 10.4. The Kier molecular flexibility index (Phi) is 7.49. The van der Waals surface area contributed by atoms with Crippen molar-refractivity contribution >= 4 is 43.6 Å². The van der Waals surface area contributed by atoms with Crippen LogP contribution in [0.25, 0.3) is 88.9 Å². The van der Waals surface area contributed by atoms with Crippen molar-refractivity contribution in [3.8, 4) is 63.5 Å². The molecule has 0 spiro atoms. The molecule has 56 heavy (non-hydrogen) atoms. The summed E-state index contributed by atoms with van der Waals surface area (Å²) in [4.78, 5) is 9.81. The maximum atomic E-state index is 10.7. The maximum Gasteiger partial charge on any atom is 0.161 e. The predicted molar refractivity (Wildman–Crippen MR) is 221 cm³/mol. The molecular weight excluding hydrogens is 687 g/mol. The number of aromatic nitrogens is 4. The highest BCUT2D eigenvalue weighted by Gasteiger charge is 2.20. The number of hydrogen-bond acceptors (Lipinski definition) is 5. The first-order valence-corrected chi connectivity index (χ1v) is 18.1. The Morgan fingerprint density at radius 1 is 0.393 bits per heavy atom. The number of rotatable bonds is 5. The van der Waals surface area contributed by atoms with E-state index in [0.717, 1.165) is 44.2 Å². The van der Waals surface area contributed by atoms with E-state index in [1.54, 1.807) is 18.2 Å². The summed E-state index contributed by atoms with van der Waals surface area (Å²) in [5, 5.41) is 35.2. The van der Waals surface area contributed by atoms with Crippen molar-refractivity contribution in [2.24, 2.45) is 0 Å². The molecular formula is C49H27N7. The van der Waals surface area contributed by atoms with E-state index in [9.17, 15) is 15.8 Å². The molecule has 7 aromatic carbocycles. The molecule has 0 atom stereocenters. The Morgan fingerprint density at radius 3 is 1.57 bits per heavy atom. The largest absolute Gasteiger partial charge is 0.309 e. The number of nitrogens with zero attached hydrogens (tertiary/aromatic N) is 7. The minimum Gasteiger partial charge on any atom is -0.309 e. The first kappa shape index (κ1) is 32.3. The zero-order valence-electron chi connectivity index (χ0n) is 29.7. The highest BCUT2D eigenvalue weighted by Crippen LogP contribution is 2.38. The van der Waals surface area contributed by atoms with Crippen LogP contribution in [0, 0.1) is 34.0 Å². The minimum atomic E-state index is 0.353. The molecule has 0 saturated carbocycles. The summed E-state index contributed by atoms with van der Waals surface area (Å²) in [5.74, 6) is 0.353. The van der Waals surface area contributed by atoms with E-state index in [0.29, 0.717) is 50.6 Å². The average molecular weight is 714 g/mol. The van der Waals surface area contributed by atoms with Gasteiger partial charge in [-0.15, -0.1) is 0 Å². The monoisotopic (exact) mass is 713 g/mol. The Morgan fingerprint density at radius 2 is 0.911 bits per heavy atom. The molecule has 3 heterocycles. The summed E-state index contributed by atoms with van der Waals surface area (Å²) >= 11 is 0. The van der Waals surface area contributed by atoms with Crippen LogP contribution in [-0.4, -0.2) is 19.1 Å². The maximum absolute atomic E-state index is 10.7. The second kappa shape index (κ2) is 13.0. The molecule has 0 unspecified atom stereocenters. The molecule has 0 radical (unpaired) electrons. The van der Waals surface area contributed by atoms with Gasteiger partial charge in [-0.05, 0) is 72.8 Å². The highest BCUT2D eigenvalue weighted by molar-refractivity contribution is 6.12. The smallest absolute Gasteiger partial charge is 0.161 e. The van der Waals surface area contributed by atoms with Crippen LogP contribution >= 0.6 is 0 Å². The second-order valence-corrected chi connectivity index (χ2v) is 13.5. The van der Waals surface area contributed by atoms with E-state index in [1.165, 1.54) is 10.8 Å². The van der Waals surface area contributed by atoms with Crippen LogP contribution in [0.4, 0.5) is 0 Å². The molecule has 0 fully saturated rings. The van der Waals surface area contributed by atoms with Crippen LogP contribution in [0.5, 0.6) is 0 Å². The van der Waals surface area contributed by atoms with Crippen molar-refractivity contribution < 1.29 is 0 Å². The van der Waals surface area contributed by atoms with Gasteiger partial charge in [0.2, 0.25) is 0 Å². The van der Waals surface area contributed by atoms with Gasteiger partial charge in [0.05, 0.1) is 68.0 Å². The van der Waals surface area contributed by atoms with E-state index < -0.39 is 0 Å². The highest BCUT2D eigenvalue weighted by atomic mass is 15.0. The minimum absolute atomic E-state index is 0.353. The van der Waals surface area contributed by atoms with E-state index in [2.05, 4.69) is 106 Å². The van der Waals surface area contributed by atoms with Gasteiger partial charge < -0.3 is 9.13 Å². The first-order chi connectivity index (χ1) is 27.6. The fraction of sp³-hybridized carbons (Fsp3) is 0. The molecule has 0 aliphatic heterocycles. The normalized spacial score (nSPS) is 11.2. The molecule has 7 nitrogen and oxygen atoms in total. The fourth-order valence-corrected chi connectivity index (χ4v) is 7.97. The van der Waals surface area contributed by atoms with Crippen LogP contribution in [0.3, 0.4) is 0 Å². The molecule has 0 amide bonds. The summed E-state index contributed by atoms with van der Waals surface area (Å²) in [7, 11) is 0. The molecule has 10 rings (SSSR count). The molecule has 258 valence electrons. The van der Waals surface area contributed by atoms with Gasteiger partial charge in [-0.3, -0.25) is 0 Å². The van der Waals surface area contributed by atoms with Crippen molar-refractivity contribution in [1.82, 2.24) is 19.1 Å². The Balaban J connectivity index is 1.16. The quantitative estimate of drug-likeness (QED) is 0.176. The van der Waals surface area contributed by atoms with Crippen LogP contribution in [0.15, 0.2) is 164 Å². The van der Waals surface area contributed by atoms with Crippen molar-refractivity contribution in [2.45, 2.75) is 0 Å². The summed E-state index contributed by atoms with van der Waals surface area (Å²) < 4.78 is 4.48. The fourth-order valence-electron chi connectivity index (χ4n) is 7.97. The zero-order chi connectivity index (χ0) is 37.8. The van der Waals surface area contributed by atoms with Gasteiger partial charge >= 0.3 is 0 Å². The molecule has 0 aliphatic carbocycles. The van der Waals surface area contributed by atoms with Crippen LogP contribution in [-0.2, 0) is 0 Å². The zero-order valence-corrected chi connectivity index (χ0v) is 29.7. The molecule has 0 N–H and O–H groups in total. The number of nitriles is 3. The van der Waals surface area contributed by atoms with Crippen molar-refractivity contribution in [1.29, 1.82) is 15.8 Å². The Bertz CT molecular complexity index is 3240. The van der Waals surface area contributed by atoms with E-state index >= 15 is 0 Å². The third kappa shape index (κ3) is 5.03. The first-order valence-electron chi connectivity index (χ1n) is 18.1. The van der Waals surface area contributed by atoms with E-state index in [-0.39, 0.29) is 0 Å². The van der Waals surface area contributed by atoms with Gasteiger partial charge in [-0.1, -0.05) is 91.0 Å². The van der Waals surface area contributed by atoms with Crippen LogP contribution < -0.4 is 0 Å². The molecule has 0 aliphatic rings. The number of benzene rings is 7. The predicted octanol–water partition coefficient (Wildman–Crippen LogP) is 11.3. The second-order valence-electron chi connectivity index (χ2n) is 13.5. The van der Waals surface area contributed by atoms with Crippen molar-refractivity contribution in [3.63, 3.8) is 0 Å². The Hall–Kier alpha value is -8.31. The SMILES string of the molecule is N#Cc1ccccc1-c1cc(-c2ccc(-n3c4ccccc4c4cc(-n5c6ccccc6c6ccccc65)ccc43)c(C#N)c2)nc(-c2ccccc2C#N)n1. The molecule has 0 bridgehead atoms. The number of para-hydroxylation sites is 3.